The van der Waals surface area contributed by atoms with E-state index in [0.29, 0.717) is 16.9 Å². The Bertz CT molecular complexity index is 750. The number of ether oxygens (including phenoxy) is 1. The Morgan fingerprint density at radius 3 is 2.76 bits per heavy atom. The highest BCUT2D eigenvalue weighted by Gasteiger charge is 2.22. The maximum absolute atomic E-state index is 12.5. The predicted octanol–water partition coefficient (Wildman–Crippen LogP) is 4.35. The van der Waals surface area contributed by atoms with E-state index < -0.39 is 0 Å². The summed E-state index contributed by atoms with van der Waals surface area (Å²) >= 11 is 6.12. The zero-order chi connectivity index (χ0) is 18.0. The molecule has 0 spiro atoms. The van der Waals surface area contributed by atoms with Gasteiger partial charge in [0.2, 0.25) is 11.9 Å². The third-order valence-electron chi connectivity index (χ3n) is 5.14. The number of imidazole rings is 1. The molecule has 25 heavy (non-hydrogen) atoms. The first-order chi connectivity index (χ1) is 12.0. The highest BCUT2D eigenvalue weighted by Crippen LogP contribution is 2.27. The Hall–Kier alpha value is -1.59. The van der Waals surface area contributed by atoms with E-state index in [1.807, 2.05) is 25.1 Å². The van der Waals surface area contributed by atoms with Crippen molar-refractivity contribution >= 4 is 34.5 Å². The van der Waals surface area contributed by atoms with E-state index >= 15 is 0 Å². The average Bonchev–Trinajstić information content (AvgIpc) is 2.91. The summed E-state index contributed by atoms with van der Waals surface area (Å²) in [7, 11) is 0. The normalized spacial score (nSPS) is 17.2. The Labute approximate surface area is 153 Å². The van der Waals surface area contributed by atoms with E-state index in [9.17, 15) is 4.79 Å². The van der Waals surface area contributed by atoms with Crippen molar-refractivity contribution in [1.82, 2.24) is 9.55 Å². The Balaban J connectivity index is 1.92. The van der Waals surface area contributed by atoms with Crippen LogP contribution in [-0.2, 0) is 16.1 Å². The topological polar surface area (TPSA) is 56.2 Å². The number of carbonyl (C=O) groups excluding carboxylic acids is 1. The van der Waals surface area contributed by atoms with E-state index in [4.69, 9.17) is 16.3 Å². The molecule has 1 atom stereocenters. The van der Waals surface area contributed by atoms with Gasteiger partial charge in [-0.25, -0.2) is 4.98 Å². The molecule has 1 saturated heterocycles. The lowest BCUT2D eigenvalue weighted by molar-refractivity contribution is -0.120. The molecule has 1 N–H and O–H groups in total. The van der Waals surface area contributed by atoms with Gasteiger partial charge in [-0.2, -0.15) is 0 Å². The minimum Gasteiger partial charge on any atom is -0.381 e. The van der Waals surface area contributed by atoms with Crippen LogP contribution in [0, 0.1) is 17.8 Å². The molecule has 6 heteroatoms. The summed E-state index contributed by atoms with van der Waals surface area (Å²) < 4.78 is 7.58. The third-order valence-corrected chi connectivity index (χ3v) is 5.38. The van der Waals surface area contributed by atoms with Crippen LogP contribution in [0.2, 0.25) is 5.02 Å². The summed E-state index contributed by atoms with van der Waals surface area (Å²) in [6.07, 6.45) is 2.06. The van der Waals surface area contributed by atoms with Crippen LogP contribution in [0.1, 0.15) is 33.6 Å². The van der Waals surface area contributed by atoms with Crippen molar-refractivity contribution in [2.45, 2.75) is 40.2 Å². The highest BCUT2D eigenvalue weighted by molar-refractivity contribution is 6.31. The van der Waals surface area contributed by atoms with Gasteiger partial charge in [-0.15, -0.1) is 0 Å². The Morgan fingerprint density at radius 1 is 1.36 bits per heavy atom. The lowest BCUT2D eigenvalue weighted by Crippen LogP contribution is -2.27. The molecule has 0 unspecified atom stereocenters. The monoisotopic (exact) mass is 363 g/mol. The van der Waals surface area contributed by atoms with Crippen molar-refractivity contribution in [3.63, 3.8) is 0 Å². The van der Waals surface area contributed by atoms with Gasteiger partial charge in [0.25, 0.3) is 0 Å². The number of rotatable bonds is 5. The maximum Gasteiger partial charge on any atom is 0.229 e. The van der Waals surface area contributed by atoms with Gasteiger partial charge in [0.15, 0.2) is 0 Å². The summed E-state index contributed by atoms with van der Waals surface area (Å²) in [5.41, 5.74) is 1.82. The van der Waals surface area contributed by atoms with Crippen LogP contribution < -0.4 is 5.32 Å². The summed E-state index contributed by atoms with van der Waals surface area (Å²) in [4.78, 5) is 17.2. The molecule has 1 fully saturated rings. The van der Waals surface area contributed by atoms with Gasteiger partial charge in [0, 0.05) is 30.7 Å². The van der Waals surface area contributed by atoms with Gasteiger partial charge in [-0.1, -0.05) is 32.4 Å². The first kappa shape index (κ1) is 18.2. The van der Waals surface area contributed by atoms with E-state index in [1.54, 1.807) is 0 Å². The van der Waals surface area contributed by atoms with Crippen LogP contribution in [0.25, 0.3) is 11.0 Å². The molecule has 3 rings (SSSR count). The number of halogens is 1. The molecule has 1 aliphatic rings. The lowest BCUT2D eigenvalue weighted by atomic mass is 9.97. The molecule has 136 valence electrons. The van der Waals surface area contributed by atoms with Gasteiger partial charge in [-0.05, 0) is 42.9 Å². The van der Waals surface area contributed by atoms with E-state index in [1.165, 1.54) is 0 Å². The second kappa shape index (κ2) is 7.75. The molecule has 0 aliphatic carbocycles. The smallest absolute Gasteiger partial charge is 0.229 e. The number of nitrogens with zero attached hydrogens (tertiary/aromatic N) is 2. The van der Waals surface area contributed by atoms with Crippen LogP contribution in [-0.4, -0.2) is 28.7 Å². The van der Waals surface area contributed by atoms with E-state index in [0.717, 1.165) is 43.6 Å². The molecular formula is C19H26ClN3O2. The molecule has 0 bridgehead atoms. The number of benzene rings is 1. The standard InChI is InChI=1S/C19H26ClN3O2/c1-12(2)13(3)18(24)22-19-21-16-10-15(20)4-5-17(16)23(19)11-14-6-8-25-9-7-14/h4-5,10,12-14H,6-9,11H2,1-3H3,(H,21,22,24)/t13-/m1/s1. The number of carbonyl (C=O) groups is 1. The molecule has 0 saturated carbocycles. The van der Waals surface area contributed by atoms with Crippen molar-refractivity contribution in [2.24, 2.45) is 17.8 Å². The number of hydrogen-bond donors (Lipinski definition) is 1. The molecular weight excluding hydrogens is 338 g/mol. The second-order valence-electron chi connectivity index (χ2n) is 7.26. The minimum absolute atomic E-state index is 0.00429. The molecule has 2 aromatic rings. The van der Waals surface area contributed by atoms with Crippen LogP contribution >= 0.6 is 11.6 Å². The van der Waals surface area contributed by atoms with Crippen molar-refractivity contribution < 1.29 is 9.53 Å². The minimum atomic E-state index is -0.0695. The van der Waals surface area contributed by atoms with E-state index in [2.05, 4.69) is 28.7 Å². The fraction of sp³-hybridized carbons (Fsp3) is 0.579. The number of fused-ring (bicyclic) bond motifs is 1. The molecule has 5 nitrogen and oxygen atoms in total. The highest BCUT2D eigenvalue weighted by atomic mass is 35.5. The summed E-state index contributed by atoms with van der Waals surface area (Å²) in [6.45, 7) is 8.48. The van der Waals surface area contributed by atoms with Crippen LogP contribution in [0.15, 0.2) is 18.2 Å². The lowest BCUT2D eigenvalue weighted by Gasteiger charge is -2.24. The fourth-order valence-electron chi connectivity index (χ4n) is 3.10. The number of anilines is 1. The molecule has 1 aromatic carbocycles. The quantitative estimate of drug-likeness (QED) is 0.859. The van der Waals surface area contributed by atoms with Crippen molar-refractivity contribution in [2.75, 3.05) is 18.5 Å². The van der Waals surface area contributed by atoms with Crippen LogP contribution in [0.3, 0.4) is 0 Å². The van der Waals surface area contributed by atoms with Crippen LogP contribution in [0.5, 0.6) is 0 Å². The van der Waals surface area contributed by atoms with Gasteiger partial charge < -0.3 is 9.30 Å². The molecule has 0 radical (unpaired) electrons. The van der Waals surface area contributed by atoms with Crippen molar-refractivity contribution in [3.05, 3.63) is 23.2 Å². The van der Waals surface area contributed by atoms with Crippen molar-refractivity contribution in [3.8, 4) is 0 Å². The average molecular weight is 364 g/mol. The van der Waals surface area contributed by atoms with Crippen LogP contribution in [0.4, 0.5) is 5.95 Å². The van der Waals surface area contributed by atoms with Gasteiger partial charge in [0.05, 0.1) is 11.0 Å². The zero-order valence-electron chi connectivity index (χ0n) is 15.1. The number of amides is 1. The van der Waals surface area contributed by atoms with E-state index in [-0.39, 0.29) is 17.7 Å². The SMILES string of the molecule is CC(C)[C@@H](C)C(=O)Nc1nc2cc(Cl)ccc2n1CC1CCOCC1. The summed E-state index contributed by atoms with van der Waals surface area (Å²) in [6, 6.07) is 5.69. The zero-order valence-corrected chi connectivity index (χ0v) is 15.8. The molecule has 1 aliphatic heterocycles. The predicted molar refractivity (Wildman–Crippen MR) is 101 cm³/mol. The van der Waals surface area contributed by atoms with Gasteiger partial charge in [-0.3, -0.25) is 10.1 Å². The number of aromatic nitrogens is 2. The van der Waals surface area contributed by atoms with Gasteiger partial charge >= 0.3 is 0 Å². The Morgan fingerprint density at radius 2 is 2.08 bits per heavy atom. The van der Waals surface area contributed by atoms with Gasteiger partial charge in [0.1, 0.15) is 0 Å². The first-order valence-corrected chi connectivity index (χ1v) is 9.38. The number of nitrogens with one attached hydrogen (secondary N) is 1. The molecule has 1 amide bonds. The summed E-state index contributed by atoms with van der Waals surface area (Å²) in [5.74, 6) is 1.36. The van der Waals surface area contributed by atoms with Crippen molar-refractivity contribution in [1.29, 1.82) is 0 Å². The summed E-state index contributed by atoms with van der Waals surface area (Å²) in [5, 5.41) is 3.68. The molecule has 1 aromatic heterocycles. The fourth-order valence-corrected chi connectivity index (χ4v) is 3.26. The first-order valence-electron chi connectivity index (χ1n) is 9.00. The molecule has 2 heterocycles. The maximum atomic E-state index is 12.5. The Kier molecular flexibility index (Phi) is 5.64. The third kappa shape index (κ3) is 4.15. The second-order valence-corrected chi connectivity index (χ2v) is 7.69. The largest absolute Gasteiger partial charge is 0.381 e. The number of hydrogen-bond acceptors (Lipinski definition) is 3.